The first-order chi connectivity index (χ1) is 7.40. The van der Waals surface area contributed by atoms with E-state index in [1.807, 2.05) is 0 Å². The molecule has 0 atom stereocenters. The van der Waals surface area contributed by atoms with Crippen LogP contribution >= 0.6 is 0 Å². The second-order valence-corrected chi connectivity index (χ2v) is 4.37. The van der Waals surface area contributed by atoms with Gasteiger partial charge in [-0.2, -0.15) is 0 Å². The van der Waals surface area contributed by atoms with Gasteiger partial charge in [-0.1, -0.05) is 24.6 Å². The van der Waals surface area contributed by atoms with E-state index in [1.54, 1.807) is 0 Å². The molecule has 1 saturated carbocycles. The Morgan fingerprint density at radius 2 is 1.93 bits per heavy atom. The summed E-state index contributed by atoms with van der Waals surface area (Å²) in [5.41, 5.74) is 6.97. The van der Waals surface area contributed by atoms with E-state index in [4.69, 9.17) is 5.73 Å². The van der Waals surface area contributed by atoms with Crippen molar-refractivity contribution in [2.75, 3.05) is 24.5 Å². The van der Waals surface area contributed by atoms with Gasteiger partial charge >= 0.3 is 0 Å². The topological polar surface area (TPSA) is 29.3 Å². The molecule has 0 saturated heterocycles. The van der Waals surface area contributed by atoms with Gasteiger partial charge in [0.15, 0.2) is 0 Å². The van der Waals surface area contributed by atoms with Gasteiger partial charge in [0.25, 0.3) is 0 Å². The Balaban J connectivity index is 1.98. The molecule has 0 aliphatic heterocycles. The van der Waals surface area contributed by atoms with Crippen molar-refractivity contribution in [3.8, 4) is 0 Å². The first kappa shape index (κ1) is 10.5. The number of benzene rings is 1. The Morgan fingerprint density at radius 1 is 1.20 bits per heavy atom. The van der Waals surface area contributed by atoms with Gasteiger partial charge in [-0.05, 0) is 30.9 Å². The maximum Gasteiger partial charge on any atom is 0.0366 e. The summed E-state index contributed by atoms with van der Waals surface area (Å²) in [4.78, 5) is 2.42. The lowest BCUT2D eigenvalue weighted by atomic mass is 9.85. The highest BCUT2D eigenvalue weighted by molar-refractivity contribution is 5.46. The summed E-state index contributed by atoms with van der Waals surface area (Å²) >= 11 is 0. The summed E-state index contributed by atoms with van der Waals surface area (Å²) in [6, 6.07) is 10.6. The van der Waals surface area contributed by atoms with Gasteiger partial charge in [-0.25, -0.2) is 0 Å². The van der Waals surface area contributed by atoms with E-state index in [0.29, 0.717) is 0 Å². The standard InChI is InChI=1S/C13H20N2/c14-9-10-15(11-12-5-4-6-12)13-7-2-1-3-8-13/h1-3,7-8,12H,4-6,9-11,14H2. The highest BCUT2D eigenvalue weighted by Crippen LogP contribution is 2.28. The average molecular weight is 204 g/mol. The lowest BCUT2D eigenvalue weighted by Gasteiger charge is -2.33. The van der Waals surface area contributed by atoms with Crippen LogP contribution in [0.15, 0.2) is 30.3 Å². The molecule has 82 valence electrons. The van der Waals surface area contributed by atoms with Crippen molar-refractivity contribution in [3.63, 3.8) is 0 Å². The molecular formula is C13H20N2. The molecule has 0 radical (unpaired) electrons. The minimum Gasteiger partial charge on any atom is -0.370 e. The van der Waals surface area contributed by atoms with E-state index in [2.05, 4.69) is 35.2 Å². The monoisotopic (exact) mass is 204 g/mol. The van der Waals surface area contributed by atoms with Crippen LogP contribution in [0.25, 0.3) is 0 Å². The Bertz CT molecular complexity index is 280. The van der Waals surface area contributed by atoms with Crippen molar-refractivity contribution >= 4 is 5.69 Å². The minimum absolute atomic E-state index is 0.738. The average Bonchev–Trinajstić information content (AvgIpc) is 2.23. The zero-order chi connectivity index (χ0) is 10.5. The lowest BCUT2D eigenvalue weighted by Crippen LogP contribution is -2.36. The molecule has 1 aliphatic carbocycles. The highest BCUT2D eigenvalue weighted by Gasteiger charge is 2.20. The number of hydrogen-bond donors (Lipinski definition) is 1. The molecule has 2 rings (SSSR count). The first-order valence-electron chi connectivity index (χ1n) is 5.90. The number of anilines is 1. The summed E-state index contributed by atoms with van der Waals surface area (Å²) in [6.45, 7) is 2.89. The van der Waals surface area contributed by atoms with E-state index in [9.17, 15) is 0 Å². The molecule has 2 heteroatoms. The smallest absolute Gasteiger partial charge is 0.0366 e. The molecule has 1 fully saturated rings. The third-order valence-corrected chi connectivity index (χ3v) is 3.22. The Labute approximate surface area is 92.1 Å². The number of hydrogen-bond acceptors (Lipinski definition) is 2. The third-order valence-electron chi connectivity index (χ3n) is 3.22. The summed E-state index contributed by atoms with van der Waals surface area (Å²) in [5.74, 6) is 0.900. The van der Waals surface area contributed by atoms with E-state index >= 15 is 0 Å². The zero-order valence-electron chi connectivity index (χ0n) is 9.23. The van der Waals surface area contributed by atoms with Crippen molar-refractivity contribution in [2.24, 2.45) is 11.7 Å². The normalized spacial score (nSPS) is 16.1. The molecule has 0 unspecified atom stereocenters. The summed E-state index contributed by atoms with van der Waals surface area (Å²) in [7, 11) is 0. The van der Waals surface area contributed by atoms with Crippen LogP contribution in [0.1, 0.15) is 19.3 Å². The molecule has 2 N–H and O–H groups in total. The first-order valence-corrected chi connectivity index (χ1v) is 5.90. The van der Waals surface area contributed by atoms with Gasteiger partial charge in [-0.15, -0.1) is 0 Å². The predicted octanol–water partition coefficient (Wildman–Crippen LogP) is 2.25. The van der Waals surface area contributed by atoms with Crippen molar-refractivity contribution in [1.29, 1.82) is 0 Å². The number of nitrogens with zero attached hydrogens (tertiary/aromatic N) is 1. The van der Waals surface area contributed by atoms with E-state index in [-0.39, 0.29) is 0 Å². The van der Waals surface area contributed by atoms with Crippen molar-refractivity contribution in [2.45, 2.75) is 19.3 Å². The molecule has 15 heavy (non-hydrogen) atoms. The largest absolute Gasteiger partial charge is 0.370 e. The molecule has 0 bridgehead atoms. The van der Waals surface area contributed by atoms with Gasteiger partial charge in [0.2, 0.25) is 0 Å². The van der Waals surface area contributed by atoms with Crippen LogP contribution in [0.5, 0.6) is 0 Å². The van der Waals surface area contributed by atoms with Gasteiger partial charge in [-0.3, -0.25) is 0 Å². The molecule has 1 aromatic rings. The van der Waals surface area contributed by atoms with Crippen LogP contribution in [0.4, 0.5) is 5.69 Å². The fraction of sp³-hybridized carbons (Fsp3) is 0.538. The van der Waals surface area contributed by atoms with Crippen LogP contribution in [0, 0.1) is 5.92 Å². The summed E-state index contributed by atoms with van der Waals surface area (Å²) < 4.78 is 0. The van der Waals surface area contributed by atoms with Crippen molar-refractivity contribution in [1.82, 2.24) is 0 Å². The molecule has 1 aliphatic rings. The molecule has 1 aromatic carbocycles. The number of para-hydroxylation sites is 1. The fourth-order valence-corrected chi connectivity index (χ4v) is 2.11. The molecule has 0 aromatic heterocycles. The van der Waals surface area contributed by atoms with E-state index in [0.717, 1.165) is 19.0 Å². The van der Waals surface area contributed by atoms with Crippen LogP contribution in [0.3, 0.4) is 0 Å². The fourth-order valence-electron chi connectivity index (χ4n) is 2.11. The lowest BCUT2D eigenvalue weighted by molar-refractivity contribution is 0.318. The van der Waals surface area contributed by atoms with Crippen molar-refractivity contribution < 1.29 is 0 Å². The van der Waals surface area contributed by atoms with Crippen LogP contribution in [0.2, 0.25) is 0 Å². The molecular weight excluding hydrogens is 184 g/mol. The molecule has 0 amide bonds. The Hall–Kier alpha value is -1.02. The maximum atomic E-state index is 5.66. The second kappa shape index (κ2) is 5.17. The van der Waals surface area contributed by atoms with Gasteiger partial charge in [0.1, 0.15) is 0 Å². The van der Waals surface area contributed by atoms with Crippen LogP contribution in [-0.4, -0.2) is 19.6 Å². The molecule has 0 heterocycles. The van der Waals surface area contributed by atoms with Gasteiger partial charge < -0.3 is 10.6 Å². The van der Waals surface area contributed by atoms with Crippen LogP contribution < -0.4 is 10.6 Å². The van der Waals surface area contributed by atoms with Crippen LogP contribution in [-0.2, 0) is 0 Å². The molecule has 2 nitrogen and oxygen atoms in total. The SMILES string of the molecule is NCCN(CC1CCC1)c1ccccc1. The summed E-state index contributed by atoms with van der Waals surface area (Å²) in [5, 5.41) is 0. The number of nitrogens with two attached hydrogens (primary N) is 1. The second-order valence-electron chi connectivity index (χ2n) is 4.37. The minimum atomic E-state index is 0.738. The number of rotatable bonds is 5. The Morgan fingerprint density at radius 3 is 2.47 bits per heavy atom. The highest BCUT2D eigenvalue weighted by atomic mass is 15.1. The summed E-state index contributed by atoms with van der Waals surface area (Å²) in [6.07, 6.45) is 4.21. The van der Waals surface area contributed by atoms with E-state index in [1.165, 1.54) is 31.5 Å². The third kappa shape index (κ3) is 2.72. The molecule has 0 spiro atoms. The quantitative estimate of drug-likeness (QED) is 0.797. The Kier molecular flexibility index (Phi) is 3.62. The zero-order valence-corrected chi connectivity index (χ0v) is 9.23. The maximum absolute atomic E-state index is 5.66. The van der Waals surface area contributed by atoms with Crippen molar-refractivity contribution in [3.05, 3.63) is 30.3 Å². The van der Waals surface area contributed by atoms with Gasteiger partial charge in [0, 0.05) is 25.3 Å². The predicted molar refractivity (Wildman–Crippen MR) is 65.1 cm³/mol. The van der Waals surface area contributed by atoms with Gasteiger partial charge in [0.05, 0.1) is 0 Å². The van der Waals surface area contributed by atoms with E-state index < -0.39 is 0 Å².